The van der Waals surface area contributed by atoms with Crippen molar-refractivity contribution in [2.75, 3.05) is 26.8 Å². The van der Waals surface area contributed by atoms with Gasteiger partial charge in [0.25, 0.3) is 0 Å². The molecule has 31 heavy (non-hydrogen) atoms. The minimum absolute atomic E-state index is 0.0378. The first kappa shape index (κ1) is 20.1. The van der Waals surface area contributed by atoms with Gasteiger partial charge in [0.2, 0.25) is 11.8 Å². The number of rotatable bonds is 5. The Morgan fingerprint density at radius 2 is 1.71 bits per heavy atom. The van der Waals surface area contributed by atoms with Gasteiger partial charge in [-0.25, -0.2) is 0 Å². The quantitative estimate of drug-likeness (QED) is 0.808. The number of nitrogens with zero attached hydrogens (tertiary/aromatic N) is 2. The van der Waals surface area contributed by atoms with Crippen LogP contribution in [0.4, 0.5) is 0 Å². The minimum Gasteiger partial charge on any atom is -0.497 e. The van der Waals surface area contributed by atoms with Crippen molar-refractivity contribution >= 4 is 11.8 Å². The Morgan fingerprint density at radius 3 is 2.26 bits per heavy atom. The molecule has 2 aromatic carbocycles. The highest BCUT2D eigenvalue weighted by Gasteiger charge is 2.54. The van der Waals surface area contributed by atoms with Crippen molar-refractivity contribution in [2.45, 2.75) is 37.3 Å². The Balaban J connectivity index is 1.35. The lowest BCUT2D eigenvalue weighted by Crippen LogP contribution is -2.73. The maximum absolute atomic E-state index is 12.7. The molecule has 2 aliphatic heterocycles. The van der Waals surface area contributed by atoms with Crippen LogP contribution >= 0.6 is 0 Å². The molecule has 0 bridgehead atoms. The molecule has 3 aliphatic rings. The third-order valence-corrected chi connectivity index (χ3v) is 7.24. The van der Waals surface area contributed by atoms with Crippen LogP contribution in [0.25, 0.3) is 11.1 Å². The number of carbonyl (C=O) groups is 2. The highest BCUT2D eigenvalue weighted by atomic mass is 16.5. The van der Waals surface area contributed by atoms with Crippen LogP contribution in [0, 0.1) is 5.92 Å². The summed E-state index contributed by atoms with van der Waals surface area (Å²) in [7, 11) is 1.65. The number of benzene rings is 2. The Bertz CT molecular complexity index is 968. The largest absolute Gasteiger partial charge is 0.497 e. The van der Waals surface area contributed by atoms with Gasteiger partial charge in [0.15, 0.2) is 0 Å². The molecular weight excluding hydrogens is 392 g/mol. The lowest BCUT2D eigenvalue weighted by molar-refractivity contribution is -0.169. The predicted octanol–water partition coefficient (Wildman–Crippen LogP) is 2.66. The van der Waals surface area contributed by atoms with Crippen molar-refractivity contribution in [1.82, 2.24) is 9.80 Å². The average molecular weight is 421 g/mol. The van der Waals surface area contributed by atoms with E-state index in [1.54, 1.807) is 16.9 Å². The predicted molar refractivity (Wildman–Crippen MR) is 117 cm³/mol. The van der Waals surface area contributed by atoms with Crippen molar-refractivity contribution in [3.63, 3.8) is 0 Å². The summed E-state index contributed by atoms with van der Waals surface area (Å²) < 4.78 is 5.23. The molecule has 2 saturated heterocycles. The van der Waals surface area contributed by atoms with Gasteiger partial charge < -0.3 is 19.6 Å². The van der Waals surface area contributed by atoms with Crippen LogP contribution in [0.1, 0.15) is 30.7 Å². The fraction of sp³-hybridized carbons (Fsp3) is 0.440. The zero-order valence-electron chi connectivity index (χ0n) is 17.7. The molecule has 0 radical (unpaired) electrons. The molecule has 0 spiro atoms. The Morgan fingerprint density at radius 1 is 1.06 bits per heavy atom. The zero-order chi connectivity index (χ0) is 21.5. The third kappa shape index (κ3) is 3.39. The Kier molecular flexibility index (Phi) is 5.18. The van der Waals surface area contributed by atoms with E-state index in [4.69, 9.17) is 4.74 Å². The fourth-order valence-corrected chi connectivity index (χ4v) is 5.26. The number of methoxy groups -OCH3 is 1. The van der Waals surface area contributed by atoms with E-state index in [9.17, 15) is 14.7 Å². The van der Waals surface area contributed by atoms with E-state index in [1.165, 1.54) is 0 Å². The second-order valence-electron chi connectivity index (χ2n) is 8.84. The second kappa shape index (κ2) is 8.00. The molecule has 5 rings (SSSR count). The number of amides is 2. The molecule has 6 nitrogen and oxygen atoms in total. The van der Waals surface area contributed by atoms with E-state index >= 15 is 0 Å². The van der Waals surface area contributed by atoms with Crippen molar-refractivity contribution in [2.24, 2.45) is 5.92 Å². The van der Waals surface area contributed by atoms with Crippen molar-refractivity contribution in [3.05, 3.63) is 54.1 Å². The van der Waals surface area contributed by atoms with Gasteiger partial charge in [-0.15, -0.1) is 0 Å². The molecular formula is C25H28N2O4. The summed E-state index contributed by atoms with van der Waals surface area (Å²) in [6, 6.07) is 16.0. The van der Waals surface area contributed by atoms with E-state index in [0.717, 1.165) is 41.7 Å². The third-order valence-electron chi connectivity index (χ3n) is 7.24. The first-order valence-electron chi connectivity index (χ1n) is 11.1. The van der Waals surface area contributed by atoms with Crippen LogP contribution in [-0.2, 0) is 9.59 Å². The van der Waals surface area contributed by atoms with Crippen LogP contribution in [0.5, 0.6) is 5.75 Å². The van der Waals surface area contributed by atoms with Gasteiger partial charge in [-0.2, -0.15) is 0 Å². The molecule has 0 unspecified atom stereocenters. The Labute approximate surface area is 182 Å². The van der Waals surface area contributed by atoms with E-state index in [1.807, 2.05) is 24.3 Å². The van der Waals surface area contributed by atoms with Gasteiger partial charge >= 0.3 is 0 Å². The topological polar surface area (TPSA) is 70.1 Å². The van der Waals surface area contributed by atoms with Gasteiger partial charge in [-0.1, -0.05) is 42.8 Å². The number of piperazine rings is 1. The number of hydrogen-bond acceptors (Lipinski definition) is 4. The number of aliphatic hydroxyl groups is 1. The van der Waals surface area contributed by atoms with Gasteiger partial charge in [-0.3, -0.25) is 9.59 Å². The number of ether oxygens (including phenoxy) is 1. The lowest BCUT2D eigenvalue weighted by atomic mass is 9.73. The maximum atomic E-state index is 12.7. The highest BCUT2D eigenvalue weighted by Crippen LogP contribution is 2.44. The summed E-state index contributed by atoms with van der Waals surface area (Å²) in [5.74, 6) is 1.03. The van der Waals surface area contributed by atoms with Gasteiger partial charge in [-0.05, 0) is 41.7 Å². The first-order chi connectivity index (χ1) is 15.1. The smallest absolute Gasteiger partial charge is 0.242 e. The van der Waals surface area contributed by atoms with Crippen LogP contribution in [0.3, 0.4) is 0 Å². The molecule has 162 valence electrons. The maximum Gasteiger partial charge on any atom is 0.242 e. The van der Waals surface area contributed by atoms with Gasteiger partial charge in [0.05, 0.1) is 32.3 Å². The van der Waals surface area contributed by atoms with Crippen molar-refractivity contribution in [1.29, 1.82) is 0 Å². The molecule has 3 atom stereocenters. The van der Waals surface area contributed by atoms with Crippen molar-refractivity contribution < 1.29 is 19.4 Å². The van der Waals surface area contributed by atoms with E-state index in [2.05, 4.69) is 24.3 Å². The average Bonchev–Trinajstić information content (AvgIpc) is 2.74. The molecule has 1 saturated carbocycles. The number of fused-ring (bicyclic) bond motifs is 1. The second-order valence-corrected chi connectivity index (χ2v) is 8.84. The number of aliphatic hydroxyl groups excluding tert-OH is 1. The standard InChI is InChI=1S/C25H28N2O4/c1-31-20-11-9-17(10-12-20)16-5-7-18(8-6-16)24-21-13-26(25(30)19-3-2-4-19)14-23(29)27(21)22(24)15-28/h5-12,19,21-22,24,28H,2-4,13-15H2,1H3/t21-,22-,24+/m0/s1. The number of carbonyl (C=O) groups excluding carboxylic acids is 2. The van der Waals surface area contributed by atoms with Crippen LogP contribution < -0.4 is 4.74 Å². The zero-order valence-corrected chi connectivity index (χ0v) is 17.7. The minimum atomic E-state index is -0.217. The summed E-state index contributed by atoms with van der Waals surface area (Å²) in [5, 5.41) is 9.98. The van der Waals surface area contributed by atoms with Crippen LogP contribution in [-0.4, -0.2) is 65.6 Å². The number of hydrogen-bond donors (Lipinski definition) is 1. The summed E-state index contributed by atoms with van der Waals surface area (Å²) in [6.07, 6.45) is 2.98. The van der Waals surface area contributed by atoms with Crippen LogP contribution in [0.15, 0.2) is 48.5 Å². The van der Waals surface area contributed by atoms with Crippen LogP contribution in [0.2, 0.25) is 0 Å². The van der Waals surface area contributed by atoms with E-state index in [-0.39, 0.29) is 48.9 Å². The first-order valence-corrected chi connectivity index (χ1v) is 11.1. The molecule has 1 aliphatic carbocycles. The molecule has 1 N–H and O–H groups in total. The van der Waals surface area contributed by atoms with Crippen molar-refractivity contribution in [3.8, 4) is 16.9 Å². The molecule has 0 aromatic heterocycles. The molecule has 2 aromatic rings. The molecule has 3 fully saturated rings. The lowest BCUT2D eigenvalue weighted by Gasteiger charge is -2.59. The van der Waals surface area contributed by atoms with Gasteiger partial charge in [0.1, 0.15) is 5.75 Å². The summed E-state index contributed by atoms with van der Waals surface area (Å²) in [4.78, 5) is 29.0. The monoisotopic (exact) mass is 420 g/mol. The fourth-order valence-electron chi connectivity index (χ4n) is 5.26. The summed E-state index contributed by atoms with van der Waals surface area (Å²) >= 11 is 0. The summed E-state index contributed by atoms with van der Waals surface area (Å²) in [6.45, 7) is 0.637. The highest BCUT2D eigenvalue weighted by molar-refractivity contribution is 5.89. The van der Waals surface area contributed by atoms with Gasteiger partial charge in [0, 0.05) is 18.4 Å². The summed E-state index contributed by atoms with van der Waals surface area (Å²) in [5.41, 5.74) is 3.30. The van der Waals surface area contributed by atoms with E-state index in [0.29, 0.717) is 6.54 Å². The Hall–Kier alpha value is -2.86. The normalized spacial score (nSPS) is 25.5. The van der Waals surface area contributed by atoms with E-state index < -0.39 is 0 Å². The molecule has 6 heteroatoms. The molecule has 2 amide bonds. The SMILES string of the molecule is COc1ccc(-c2ccc([C@H]3[C@H](CO)N4C(=O)CN(C(=O)C5CCC5)C[C@@H]34)cc2)cc1. The molecule has 2 heterocycles.